The summed E-state index contributed by atoms with van der Waals surface area (Å²) in [5.74, 6) is -1.07. The lowest BCUT2D eigenvalue weighted by molar-refractivity contribution is -0.145. The topological polar surface area (TPSA) is 146 Å². The molecule has 1 aromatic carbocycles. The fraction of sp³-hybridized carbons (Fsp3) is 0.571. The maximum Gasteiger partial charge on any atom is 0.323 e. The second kappa shape index (κ2) is 14.8. The molecule has 1 saturated heterocycles. The van der Waals surface area contributed by atoms with Crippen molar-refractivity contribution in [1.29, 1.82) is 0 Å². The fourth-order valence-corrected chi connectivity index (χ4v) is 4.53. The van der Waals surface area contributed by atoms with E-state index in [4.69, 9.17) is 11.5 Å². The number of likely N-dealkylation sites (tertiary alicyclic amines) is 1. The van der Waals surface area contributed by atoms with Gasteiger partial charge in [-0.1, -0.05) is 57.3 Å². The van der Waals surface area contributed by atoms with Crippen LogP contribution < -0.4 is 27.4 Å². The molecule has 0 aliphatic carbocycles. The molecule has 1 heterocycles. The first kappa shape index (κ1) is 30.3. The van der Waals surface area contributed by atoms with Crippen LogP contribution in [0.2, 0.25) is 0 Å². The number of piperidine rings is 1. The predicted molar refractivity (Wildman–Crippen MR) is 149 cm³/mol. The zero-order valence-electron chi connectivity index (χ0n) is 22.5. The van der Waals surface area contributed by atoms with Gasteiger partial charge in [0.1, 0.15) is 5.54 Å². The number of carbonyl (C=O) groups excluding carboxylic acids is 1. The summed E-state index contributed by atoms with van der Waals surface area (Å²) in [7, 11) is 0. The standard InChI is InChI=1S/C28H46N6O3/c1-20(2)31-14-8-11-24(22(4)34-15-12-28(30,13-16-34)27(36)37)19-32-21(3)25(33-26(35)18-29)17-23-9-6-5-7-10-23/h5-7,9-10,20,24-25,31-32H,3-4,8,11-19,29-30H2,1-2H3,(H,33,35)(H,36,37). The lowest BCUT2D eigenvalue weighted by Gasteiger charge is -2.40. The minimum Gasteiger partial charge on any atom is -0.480 e. The van der Waals surface area contributed by atoms with E-state index < -0.39 is 11.5 Å². The van der Waals surface area contributed by atoms with Gasteiger partial charge in [0.05, 0.1) is 12.6 Å². The number of carboxylic acid groups (broad SMARTS) is 1. The van der Waals surface area contributed by atoms with Gasteiger partial charge >= 0.3 is 5.97 Å². The first-order valence-corrected chi connectivity index (χ1v) is 13.2. The maximum absolute atomic E-state index is 12.1. The number of rotatable bonds is 16. The van der Waals surface area contributed by atoms with Crippen LogP contribution in [0, 0.1) is 5.92 Å². The van der Waals surface area contributed by atoms with Crippen LogP contribution in [-0.4, -0.2) is 72.2 Å². The quantitative estimate of drug-likeness (QED) is 0.182. The van der Waals surface area contributed by atoms with E-state index in [-0.39, 0.29) is 24.4 Å². The molecular weight excluding hydrogens is 468 g/mol. The van der Waals surface area contributed by atoms with E-state index in [1.807, 2.05) is 30.3 Å². The Balaban J connectivity index is 2.06. The summed E-state index contributed by atoms with van der Waals surface area (Å²) in [5.41, 5.74) is 13.2. The highest BCUT2D eigenvalue weighted by atomic mass is 16.4. The van der Waals surface area contributed by atoms with E-state index in [0.29, 0.717) is 50.6 Å². The summed E-state index contributed by atoms with van der Waals surface area (Å²) in [6, 6.07) is 10.0. The van der Waals surface area contributed by atoms with Gasteiger partial charge in [-0.2, -0.15) is 0 Å². The first-order chi connectivity index (χ1) is 17.6. The Kier molecular flexibility index (Phi) is 12.1. The number of aliphatic carboxylic acids is 1. The predicted octanol–water partition coefficient (Wildman–Crippen LogP) is 1.56. The Morgan fingerprint density at radius 3 is 2.38 bits per heavy atom. The number of hydrogen-bond acceptors (Lipinski definition) is 7. The zero-order chi connectivity index (χ0) is 27.4. The van der Waals surface area contributed by atoms with Crippen molar-refractivity contribution in [2.75, 3.05) is 32.7 Å². The van der Waals surface area contributed by atoms with E-state index in [0.717, 1.165) is 30.6 Å². The van der Waals surface area contributed by atoms with Gasteiger partial charge in [0, 0.05) is 43.0 Å². The molecule has 1 fully saturated rings. The van der Waals surface area contributed by atoms with Gasteiger partial charge in [0.15, 0.2) is 0 Å². The number of carbonyl (C=O) groups is 2. The molecule has 2 atom stereocenters. The molecule has 1 aromatic rings. The molecule has 0 spiro atoms. The molecule has 9 nitrogen and oxygen atoms in total. The lowest BCUT2D eigenvalue weighted by Crippen LogP contribution is -2.55. The number of nitrogens with two attached hydrogens (primary N) is 2. The van der Waals surface area contributed by atoms with Gasteiger partial charge in [0.2, 0.25) is 5.91 Å². The molecule has 1 aliphatic rings. The van der Waals surface area contributed by atoms with Gasteiger partial charge in [-0.05, 0) is 44.2 Å². The van der Waals surface area contributed by atoms with Gasteiger partial charge in [-0.15, -0.1) is 0 Å². The number of nitrogens with zero attached hydrogens (tertiary/aromatic N) is 1. The molecule has 1 amide bonds. The van der Waals surface area contributed by atoms with Crippen LogP contribution in [0.1, 0.15) is 45.1 Å². The molecule has 1 aliphatic heterocycles. The van der Waals surface area contributed by atoms with Gasteiger partial charge in [-0.25, -0.2) is 0 Å². The molecule has 9 heteroatoms. The second-order valence-corrected chi connectivity index (χ2v) is 10.3. The van der Waals surface area contributed by atoms with Crippen molar-refractivity contribution in [3.8, 4) is 0 Å². The SMILES string of the molecule is C=C(NCC(CCCNC(C)C)C(=C)N1CCC(N)(C(=O)O)CC1)C(Cc1ccccc1)NC(=O)CN. The summed E-state index contributed by atoms with van der Waals surface area (Å²) in [6.07, 6.45) is 3.24. The largest absolute Gasteiger partial charge is 0.480 e. The van der Waals surface area contributed by atoms with Crippen LogP contribution in [0.15, 0.2) is 54.9 Å². The number of carboxylic acids is 1. The highest BCUT2D eigenvalue weighted by Crippen LogP contribution is 2.27. The molecule has 0 radical (unpaired) electrons. The van der Waals surface area contributed by atoms with E-state index in [2.05, 4.69) is 47.9 Å². The molecular formula is C28H46N6O3. The maximum atomic E-state index is 12.1. The Morgan fingerprint density at radius 1 is 1.16 bits per heavy atom. The molecule has 8 N–H and O–H groups in total. The molecule has 0 aromatic heterocycles. The summed E-state index contributed by atoms with van der Waals surface area (Å²) in [4.78, 5) is 25.8. The third-order valence-electron chi connectivity index (χ3n) is 7.04. The zero-order valence-corrected chi connectivity index (χ0v) is 22.5. The van der Waals surface area contributed by atoms with E-state index in [9.17, 15) is 14.7 Å². The Bertz CT molecular complexity index is 896. The molecule has 206 valence electrons. The van der Waals surface area contributed by atoms with Crippen molar-refractivity contribution in [3.05, 3.63) is 60.4 Å². The molecule has 37 heavy (non-hydrogen) atoms. The summed E-state index contributed by atoms with van der Waals surface area (Å²) in [6.45, 7) is 15.4. The van der Waals surface area contributed by atoms with Crippen LogP contribution in [0.5, 0.6) is 0 Å². The number of benzene rings is 1. The highest BCUT2D eigenvalue weighted by molar-refractivity contribution is 5.79. The summed E-state index contributed by atoms with van der Waals surface area (Å²) in [5, 5.41) is 19.4. The van der Waals surface area contributed by atoms with E-state index in [1.165, 1.54) is 0 Å². The third kappa shape index (κ3) is 9.83. The Morgan fingerprint density at radius 2 is 1.81 bits per heavy atom. The Hall–Kier alpha value is -2.88. The molecule has 2 rings (SSSR count). The van der Waals surface area contributed by atoms with Gasteiger partial charge in [-0.3, -0.25) is 9.59 Å². The minimum absolute atomic E-state index is 0.0885. The van der Waals surface area contributed by atoms with Crippen LogP contribution in [0.3, 0.4) is 0 Å². The molecule has 2 unspecified atom stereocenters. The minimum atomic E-state index is -1.17. The number of hydrogen-bond donors (Lipinski definition) is 6. The van der Waals surface area contributed by atoms with Crippen molar-refractivity contribution >= 4 is 11.9 Å². The number of amides is 1. The van der Waals surface area contributed by atoms with Crippen LogP contribution >= 0.6 is 0 Å². The average Bonchev–Trinajstić information content (AvgIpc) is 2.88. The third-order valence-corrected chi connectivity index (χ3v) is 7.04. The smallest absolute Gasteiger partial charge is 0.323 e. The van der Waals surface area contributed by atoms with Crippen molar-refractivity contribution in [1.82, 2.24) is 20.9 Å². The first-order valence-electron chi connectivity index (χ1n) is 13.2. The lowest BCUT2D eigenvalue weighted by atomic mass is 9.87. The van der Waals surface area contributed by atoms with Crippen molar-refractivity contribution < 1.29 is 14.7 Å². The van der Waals surface area contributed by atoms with Crippen LogP contribution in [0.25, 0.3) is 0 Å². The van der Waals surface area contributed by atoms with Crippen molar-refractivity contribution in [3.63, 3.8) is 0 Å². The monoisotopic (exact) mass is 514 g/mol. The van der Waals surface area contributed by atoms with E-state index >= 15 is 0 Å². The van der Waals surface area contributed by atoms with Gasteiger partial charge < -0.3 is 37.4 Å². The summed E-state index contributed by atoms with van der Waals surface area (Å²) < 4.78 is 0. The van der Waals surface area contributed by atoms with Crippen molar-refractivity contribution in [2.45, 2.75) is 63.6 Å². The van der Waals surface area contributed by atoms with Crippen LogP contribution in [0.4, 0.5) is 0 Å². The highest BCUT2D eigenvalue weighted by Gasteiger charge is 2.38. The number of nitrogens with one attached hydrogen (secondary N) is 3. The average molecular weight is 515 g/mol. The normalized spacial score (nSPS) is 16.6. The second-order valence-electron chi connectivity index (χ2n) is 10.3. The molecule has 0 bridgehead atoms. The molecule has 0 saturated carbocycles. The summed E-state index contributed by atoms with van der Waals surface area (Å²) >= 11 is 0. The fourth-order valence-electron chi connectivity index (χ4n) is 4.53. The Labute approximate surface area is 221 Å². The van der Waals surface area contributed by atoms with Crippen LogP contribution in [-0.2, 0) is 16.0 Å². The van der Waals surface area contributed by atoms with Gasteiger partial charge in [0.25, 0.3) is 0 Å². The van der Waals surface area contributed by atoms with E-state index in [1.54, 1.807) is 0 Å². The van der Waals surface area contributed by atoms with Crippen molar-refractivity contribution in [2.24, 2.45) is 17.4 Å².